The number of hydrogen-bond acceptors (Lipinski definition) is 4. The maximum Gasteiger partial charge on any atom is 0.276 e. The predicted molar refractivity (Wildman–Crippen MR) is 118 cm³/mol. The summed E-state index contributed by atoms with van der Waals surface area (Å²) < 4.78 is 5.40. The molecular formula is C24H27N3O2. The second-order valence-corrected chi connectivity index (χ2v) is 6.81. The maximum absolute atomic E-state index is 13.0. The van der Waals surface area contributed by atoms with Gasteiger partial charge in [-0.1, -0.05) is 30.3 Å². The molecule has 0 fully saturated rings. The molecule has 5 heteroatoms. The maximum atomic E-state index is 13.0. The Labute approximate surface area is 172 Å². The summed E-state index contributed by atoms with van der Waals surface area (Å²) in [6.45, 7) is 5.30. The van der Waals surface area contributed by atoms with Crippen molar-refractivity contribution in [1.29, 1.82) is 0 Å². The van der Waals surface area contributed by atoms with Crippen molar-refractivity contribution in [1.82, 2.24) is 4.98 Å². The van der Waals surface area contributed by atoms with E-state index >= 15 is 0 Å². The van der Waals surface area contributed by atoms with Crippen LogP contribution in [0.4, 0.5) is 11.4 Å². The molecule has 3 aromatic rings. The Morgan fingerprint density at radius 3 is 2.69 bits per heavy atom. The van der Waals surface area contributed by atoms with Crippen LogP contribution in [0, 0.1) is 6.92 Å². The molecule has 29 heavy (non-hydrogen) atoms. The summed E-state index contributed by atoms with van der Waals surface area (Å²) in [5.74, 6) is 0.781. The van der Waals surface area contributed by atoms with Crippen LogP contribution in [-0.2, 0) is 6.42 Å². The first-order valence-electron chi connectivity index (χ1n) is 9.82. The Morgan fingerprint density at radius 1 is 1.10 bits per heavy atom. The number of anilines is 2. The number of rotatable bonds is 8. The van der Waals surface area contributed by atoms with E-state index in [1.54, 1.807) is 18.2 Å². The Bertz CT molecular complexity index is 972. The summed E-state index contributed by atoms with van der Waals surface area (Å²) in [4.78, 5) is 19.1. The monoisotopic (exact) mass is 389 g/mol. The van der Waals surface area contributed by atoms with E-state index in [0.29, 0.717) is 12.2 Å². The number of amides is 1. The first-order valence-corrected chi connectivity index (χ1v) is 9.82. The molecule has 0 aliphatic rings. The van der Waals surface area contributed by atoms with E-state index < -0.39 is 0 Å². The molecule has 5 nitrogen and oxygen atoms in total. The van der Waals surface area contributed by atoms with Crippen LogP contribution in [-0.4, -0.2) is 31.1 Å². The summed E-state index contributed by atoms with van der Waals surface area (Å²) in [6, 6.07) is 19.6. The fraction of sp³-hybridized carbons (Fsp3) is 0.250. The van der Waals surface area contributed by atoms with E-state index in [9.17, 15) is 4.79 Å². The minimum atomic E-state index is -0.105. The van der Waals surface area contributed by atoms with Crippen LogP contribution in [0.5, 0.6) is 5.75 Å². The smallest absolute Gasteiger partial charge is 0.276 e. The number of methoxy groups -OCH3 is 1. The quantitative estimate of drug-likeness (QED) is 0.606. The van der Waals surface area contributed by atoms with Gasteiger partial charge in [0.25, 0.3) is 5.91 Å². The minimum Gasteiger partial charge on any atom is -0.496 e. The van der Waals surface area contributed by atoms with Crippen molar-refractivity contribution in [2.24, 2.45) is 0 Å². The van der Waals surface area contributed by atoms with Crippen LogP contribution in [0.15, 0.2) is 66.9 Å². The van der Waals surface area contributed by atoms with Crippen LogP contribution in [0.3, 0.4) is 0 Å². The molecule has 0 spiro atoms. The van der Waals surface area contributed by atoms with E-state index in [-0.39, 0.29) is 5.91 Å². The molecule has 0 saturated carbocycles. The second-order valence-electron chi connectivity index (χ2n) is 6.81. The molecule has 1 N–H and O–H groups in total. The van der Waals surface area contributed by atoms with E-state index in [1.165, 1.54) is 0 Å². The standard InChI is InChI=1S/C24H27N3O2/c1-4-27(21-10-7-8-18(2)16-21)24(28)22-17-20(13-15-26-22)25-14-12-19-9-5-6-11-23(19)29-3/h5-11,13,15-17H,4,12,14H2,1-3H3,(H,25,26). The van der Waals surface area contributed by atoms with Gasteiger partial charge < -0.3 is 15.0 Å². The SMILES string of the molecule is CCN(C(=O)c1cc(NCCc2ccccc2OC)ccn1)c1cccc(C)c1. The summed E-state index contributed by atoms with van der Waals surface area (Å²) in [5, 5.41) is 3.38. The fourth-order valence-electron chi connectivity index (χ4n) is 3.29. The zero-order valence-corrected chi connectivity index (χ0v) is 17.2. The van der Waals surface area contributed by atoms with Gasteiger partial charge in [0.2, 0.25) is 0 Å². The van der Waals surface area contributed by atoms with Crippen molar-refractivity contribution in [3.8, 4) is 5.75 Å². The van der Waals surface area contributed by atoms with Crippen LogP contribution >= 0.6 is 0 Å². The number of aromatic nitrogens is 1. The van der Waals surface area contributed by atoms with Gasteiger partial charge in [-0.05, 0) is 61.7 Å². The van der Waals surface area contributed by atoms with Crippen molar-refractivity contribution in [3.63, 3.8) is 0 Å². The van der Waals surface area contributed by atoms with Gasteiger partial charge in [0.1, 0.15) is 11.4 Å². The minimum absolute atomic E-state index is 0.105. The van der Waals surface area contributed by atoms with Gasteiger partial charge >= 0.3 is 0 Å². The molecule has 0 unspecified atom stereocenters. The third kappa shape index (κ3) is 5.13. The van der Waals surface area contributed by atoms with Gasteiger partial charge in [-0.15, -0.1) is 0 Å². The first-order chi connectivity index (χ1) is 14.1. The Kier molecular flexibility index (Phi) is 6.85. The van der Waals surface area contributed by atoms with Crippen LogP contribution in [0.2, 0.25) is 0 Å². The third-order valence-electron chi connectivity index (χ3n) is 4.77. The predicted octanol–water partition coefficient (Wildman–Crippen LogP) is 4.72. The first kappa shape index (κ1) is 20.4. The number of para-hydroxylation sites is 1. The molecule has 0 aliphatic carbocycles. The molecular weight excluding hydrogens is 362 g/mol. The van der Waals surface area contributed by atoms with Gasteiger partial charge in [0.15, 0.2) is 0 Å². The lowest BCUT2D eigenvalue weighted by Crippen LogP contribution is -2.31. The lowest BCUT2D eigenvalue weighted by atomic mass is 10.1. The van der Waals surface area contributed by atoms with E-state index in [2.05, 4.69) is 16.4 Å². The normalized spacial score (nSPS) is 10.4. The molecule has 0 atom stereocenters. The zero-order chi connectivity index (χ0) is 20.6. The molecule has 1 heterocycles. The number of nitrogens with one attached hydrogen (secondary N) is 1. The Morgan fingerprint density at radius 2 is 1.93 bits per heavy atom. The van der Waals surface area contributed by atoms with Crippen LogP contribution in [0.25, 0.3) is 0 Å². The summed E-state index contributed by atoms with van der Waals surface area (Å²) in [6.07, 6.45) is 2.49. The molecule has 1 amide bonds. The van der Waals surface area contributed by atoms with Crippen LogP contribution < -0.4 is 15.0 Å². The van der Waals surface area contributed by atoms with Gasteiger partial charge in [0, 0.05) is 30.7 Å². The van der Waals surface area contributed by atoms with E-state index in [1.807, 2.05) is 68.4 Å². The number of hydrogen-bond donors (Lipinski definition) is 1. The highest BCUT2D eigenvalue weighted by Crippen LogP contribution is 2.20. The van der Waals surface area contributed by atoms with E-state index in [4.69, 9.17) is 4.74 Å². The van der Waals surface area contributed by atoms with Gasteiger partial charge in [-0.25, -0.2) is 0 Å². The average Bonchev–Trinajstić information content (AvgIpc) is 2.75. The number of pyridine rings is 1. The highest BCUT2D eigenvalue weighted by Gasteiger charge is 2.17. The van der Waals surface area contributed by atoms with Crippen molar-refractivity contribution < 1.29 is 9.53 Å². The lowest BCUT2D eigenvalue weighted by molar-refractivity contribution is 0.0983. The summed E-state index contributed by atoms with van der Waals surface area (Å²) in [5.41, 5.74) is 4.45. The molecule has 2 aromatic carbocycles. The van der Waals surface area contributed by atoms with Gasteiger partial charge in [0.05, 0.1) is 7.11 Å². The summed E-state index contributed by atoms with van der Waals surface area (Å²) in [7, 11) is 1.68. The third-order valence-corrected chi connectivity index (χ3v) is 4.77. The number of benzene rings is 2. The Hall–Kier alpha value is -3.34. The zero-order valence-electron chi connectivity index (χ0n) is 17.2. The van der Waals surface area contributed by atoms with E-state index in [0.717, 1.165) is 41.2 Å². The molecule has 0 saturated heterocycles. The summed E-state index contributed by atoms with van der Waals surface area (Å²) >= 11 is 0. The van der Waals surface area contributed by atoms with Gasteiger partial charge in [-0.3, -0.25) is 9.78 Å². The average molecular weight is 389 g/mol. The number of nitrogens with zero attached hydrogens (tertiary/aromatic N) is 2. The molecule has 3 rings (SSSR count). The van der Waals surface area contributed by atoms with Crippen molar-refractivity contribution in [3.05, 3.63) is 83.7 Å². The molecule has 150 valence electrons. The highest BCUT2D eigenvalue weighted by molar-refractivity contribution is 6.05. The topological polar surface area (TPSA) is 54.5 Å². The van der Waals surface area contributed by atoms with Crippen molar-refractivity contribution in [2.75, 3.05) is 30.4 Å². The number of ether oxygens (including phenoxy) is 1. The van der Waals surface area contributed by atoms with Crippen LogP contribution in [0.1, 0.15) is 28.5 Å². The Balaban J connectivity index is 1.69. The number of carbonyl (C=O) groups is 1. The lowest BCUT2D eigenvalue weighted by Gasteiger charge is -2.21. The molecule has 1 aromatic heterocycles. The second kappa shape index (κ2) is 9.73. The van der Waals surface area contributed by atoms with Gasteiger partial charge in [-0.2, -0.15) is 0 Å². The highest BCUT2D eigenvalue weighted by atomic mass is 16.5. The largest absolute Gasteiger partial charge is 0.496 e. The molecule has 0 bridgehead atoms. The number of aryl methyl sites for hydroxylation is 1. The molecule has 0 aliphatic heterocycles. The molecule has 0 radical (unpaired) electrons. The van der Waals surface area contributed by atoms with Crippen molar-refractivity contribution in [2.45, 2.75) is 20.3 Å². The van der Waals surface area contributed by atoms with Crippen molar-refractivity contribution >= 4 is 17.3 Å². The number of carbonyl (C=O) groups excluding carboxylic acids is 1. The fourth-order valence-corrected chi connectivity index (χ4v) is 3.29.